The Kier molecular flexibility index (Phi) is 5.62. The Hall–Kier alpha value is -1.12. The third-order valence-electron chi connectivity index (χ3n) is 3.44. The average Bonchev–Trinajstić information content (AvgIpc) is 2.46. The van der Waals surface area contributed by atoms with E-state index in [2.05, 4.69) is 75.8 Å². The van der Waals surface area contributed by atoms with Crippen molar-refractivity contribution in [3.05, 3.63) is 70.2 Å². The zero-order chi connectivity index (χ0) is 13.5. The summed E-state index contributed by atoms with van der Waals surface area (Å²) in [4.78, 5) is 0. The Balaban J connectivity index is 2.17. The molecule has 0 saturated heterocycles. The summed E-state index contributed by atoms with van der Waals surface area (Å²) in [6, 6.07) is 19.3. The normalized spacial score (nSPS) is 12.3. The summed E-state index contributed by atoms with van der Waals surface area (Å²) in [5.41, 5.74) is 2.81. The molecule has 0 fully saturated rings. The van der Waals surface area contributed by atoms with E-state index in [1.807, 2.05) is 7.05 Å². The van der Waals surface area contributed by atoms with Crippen LogP contribution in [0.1, 0.15) is 23.5 Å². The van der Waals surface area contributed by atoms with Crippen LogP contribution >= 0.6 is 15.9 Å². The second-order valence-corrected chi connectivity index (χ2v) is 5.65. The first-order chi connectivity index (χ1) is 9.31. The van der Waals surface area contributed by atoms with Gasteiger partial charge >= 0.3 is 0 Å². The summed E-state index contributed by atoms with van der Waals surface area (Å²) < 4.78 is 1.21. The monoisotopic (exact) mass is 317 g/mol. The molecule has 0 aliphatic rings. The maximum absolute atomic E-state index is 3.65. The van der Waals surface area contributed by atoms with Crippen LogP contribution in [0, 0.1) is 0 Å². The van der Waals surface area contributed by atoms with Crippen LogP contribution in [0.25, 0.3) is 0 Å². The molecule has 2 aromatic rings. The van der Waals surface area contributed by atoms with Crippen LogP contribution in [0.2, 0.25) is 0 Å². The van der Waals surface area contributed by atoms with Gasteiger partial charge in [0.15, 0.2) is 0 Å². The quantitative estimate of drug-likeness (QED) is 0.833. The van der Waals surface area contributed by atoms with Crippen molar-refractivity contribution in [2.24, 2.45) is 0 Å². The molecule has 0 heterocycles. The van der Waals surface area contributed by atoms with E-state index in [-0.39, 0.29) is 0 Å². The van der Waals surface area contributed by atoms with E-state index in [1.165, 1.54) is 15.6 Å². The third kappa shape index (κ3) is 4.19. The Morgan fingerprint density at radius 3 is 2.37 bits per heavy atom. The maximum Gasteiger partial charge on any atom is 0.0207 e. The van der Waals surface area contributed by atoms with Crippen molar-refractivity contribution in [2.45, 2.75) is 18.8 Å². The highest BCUT2D eigenvalue weighted by molar-refractivity contribution is 9.10. The fourth-order valence-electron chi connectivity index (χ4n) is 2.36. The summed E-state index contributed by atoms with van der Waals surface area (Å²) >= 11 is 3.65. The van der Waals surface area contributed by atoms with Crippen molar-refractivity contribution in [3.8, 4) is 0 Å². The predicted octanol–water partition coefficient (Wildman–Crippen LogP) is 4.38. The van der Waals surface area contributed by atoms with Gasteiger partial charge in [0.1, 0.15) is 0 Å². The third-order valence-corrected chi connectivity index (χ3v) is 4.21. The van der Waals surface area contributed by atoms with Gasteiger partial charge in [-0.2, -0.15) is 0 Å². The van der Waals surface area contributed by atoms with Gasteiger partial charge < -0.3 is 5.32 Å². The molecule has 0 aliphatic carbocycles. The molecule has 0 bridgehead atoms. The standard InChI is InChI=1S/C17H20BrN/c1-19-12-11-15(14-7-3-2-4-8-14)13-16-9-5-6-10-17(16)18/h2-10,15,19H,11-13H2,1H3. The molecule has 0 aromatic heterocycles. The van der Waals surface area contributed by atoms with Gasteiger partial charge in [-0.05, 0) is 49.5 Å². The van der Waals surface area contributed by atoms with Crippen molar-refractivity contribution in [3.63, 3.8) is 0 Å². The minimum absolute atomic E-state index is 0.562. The van der Waals surface area contributed by atoms with Gasteiger partial charge in [-0.25, -0.2) is 0 Å². The van der Waals surface area contributed by atoms with Gasteiger partial charge in [0.2, 0.25) is 0 Å². The summed E-state index contributed by atoms with van der Waals surface area (Å²) in [6.45, 7) is 1.05. The van der Waals surface area contributed by atoms with Crippen molar-refractivity contribution in [1.29, 1.82) is 0 Å². The summed E-state index contributed by atoms with van der Waals surface area (Å²) in [7, 11) is 2.01. The van der Waals surface area contributed by atoms with Crippen molar-refractivity contribution >= 4 is 15.9 Å². The lowest BCUT2D eigenvalue weighted by molar-refractivity contribution is 0.592. The molecule has 1 atom stereocenters. The minimum atomic E-state index is 0.562. The van der Waals surface area contributed by atoms with Gasteiger partial charge in [-0.1, -0.05) is 64.5 Å². The van der Waals surface area contributed by atoms with Crippen molar-refractivity contribution in [2.75, 3.05) is 13.6 Å². The van der Waals surface area contributed by atoms with E-state index in [0.29, 0.717) is 5.92 Å². The molecular weight excluding hydrogens is 298 g/mol. The molecule has 0 saturated carbocycles. The number of rotatable bonds is 6. The number of halogens is 1. The van der Waals surface area contributed by atoms with Crippen LogP contribution in [-0.2, 0) is 6.42 Å². The molecule has 2 rings (SSSR count). The van der Waals surface area contributed by atoms with Crippen LogP contribution in [0.3, 0.4) is 0 Å². The molecule has 100 valence electrons. The SMILES string of the molecule is CNCCC(Cc1ccccc1Br)c1ccccc1. The lowest BCUT2D eigenvalue weighted by atomic mass is 9.89. The number of hydrogen-bond donors (Lipinski definition) is 1. The fraction of sp³-hybridized carbons (Fsp3) is 0.294. The van der Waals surface area contributed by atoms with Crippen LogP contribution in [0.4, 0.5) is 0 Å². The van der Waals surface area contributed by atoms with Crippen molar-refractivity contribution < 1.29 is 0 Å². The van der Waals surface area contributed by atoms with E-state index >= 15 is 0 Å². The topological polar surface area (TPSA) is 12.0 Å². The Morgan fingerprint density at radius 2 is 1.68 bits per heavy atom. The number of benzene rings is 2. The van der Waals surface area contributed by atoms with Gasteiger partial charge in [0.25, 0.3) is 0 Å². The number of nitrogens with one attached hydrogen (secondary N) is 1. The summed E-state index contributed by atoms with van der Waals surface area (Å²) in [6.07, 6.45) is 2.23. The molecule has 0 amide bonds. The Bertz CT molecular complexity index is 496. The molecular formula is C17H20BrN. The average molecular weight is 318 g/mol. The zero-order valence-electron chi connectivity index (χ0n) is 11.3. The first kappa shape index (κ1) is 14.3. The zero-order valence-corrected chi connectivity index (χ0v) is 12.9. The van der Waals surface area contributed by atoms with Gasteiger partial charge in [-0.15, -0.1) is 0 Å². The molecule has 0 radical (unpaired) electrons. The van der Waals surface area contributed by atoms with E-state index in [1.54, 1.807) is 0 Å². The van der Waals surface area contributed by atoms with Gasteiger partial charge in [0.05, 0.1) is 0 Å². The molecule has 1 unspecified atom stereocenters. The highest BCUT2D eigenvalue weighted by atomic mass is 79.9. The van der Waals surface area contributed by atoms with Crippen LogP contribution in [0.15, 0.2) is 59.1 Å². The van der Waals surface area contributed by atoms with Crippen LogP contribution in [-0.4, -0.2) is 13.6 Å². The van der Waals surface area contributed by atoms with Crippen LogP contribution < -0.4 is 5.32 Å². The molecule has 0 spiro atoms. The highest BCUT2D eigenvalue weighted by Gasteiger charge is 2.13. The van der Waals surface area contributed by atoms with Gasteiger partial charge in [-0.3, -0.25) is 0 Å². The second kappa shape index (κ2) is 7.46. The molecule has 2 heteroatoms. The second-order valence-electron chi connectivity index (χ2n) is 4.80. The summed E-state index contributed by atoms with van der Waals surface area (Å²) in [5, 5.41) is 3.26. The van der Waals surface area contributed by atoms with Crippen LogP contribution in [0.5, 0.6) is 0 Å². The number of hydrogen-bond acceptors (Lipinski definition) is 1. The summed E-state index contributed by atoms with van der Waals surface area (Å²) in [5.74, 6) is 0.562. The van der Waals surface area contributed by atoms with E-state index in [9.17, 15) is 0 Å². The smallest absolute Gasteiger partial charge is 0.0207 e. The first-order valence-corrected chi connectivity index (χ1v) is 7.53. The Morgan fingerprint density at radius 1 is 1.00 bits per heavy atom. The highest BCUT2D eigenvalue weighted by Crippen LogP contribution is 2.27. The molecule has 1 nitrogen and oxygen atoms in total. The fourth-order valence-corrected chi connectivity index (χ4v) is 2.81. The first-order valence-electron chi connectivity index (χ1n) is 6.74. The van der Waals surface area contributed by atoms with E-state index < -0.39 is 0 Å². The molecule has 1 N–H and O–H groups in total. The van der Waals surface area contributed by atoms with Gasteiger partial charge in [0, 0.05) is 4.47 Å². The predicted molar refractivity (Wildman–Crippen MR) is 85.6 cm³/mol. The maximum atomic E-state index is 3.65. The molecule has 2 aromatic carbocycles. The lowest BCUT2D eigenvalue weighted by Gasteiger charge is -2.18. The lowest BCUT2D eigenvalue weighted by Crippen LogP contribution is -2.14. The minimum Gasteiger partial charge on any atom is -0.320 e. The molecule has 0 aliphatic heterocycles. The largest absolute Gasteiger partial charge is 0.320 e. The van der Waals surface area contributed by atoms with E-state index in [0.717, 1.165) is 19.4 Å². The van der Waals surface area contributed by atoms with E-state index in [4.69, 9.17) is 0 Å². The molecule has 19 heavy (non-hydrogen) atoms. The Labute approximate surface area is 124 Å². The van der Waals surface area contributed by atoms with Crippen molar-refractivity contribution in [1.82, 2.24) is 5.32 Å².